The van der Waals surface area contributed by atoms with Crippen LogP contribution in [0, 0.1) is 0 Å². The van der Waals surface area contributed by atoms with Gasteiger partial charge in [-0.2, -0.15) is 0 Å². The van der Waals surface area contributed by atoms with Gasteiger partial charge in [0.15, 0.2) is 0 Å². The topological polar surface area (TPSA) is 174 Å². The van der Waals surface area contributed by atoms with E-state index in [2.05, 4.69) is 0 Å². The molecule has 1 aliphatic heterocycles. The smallest absolute Gasteiger partial charge is 0.370 e. The van der Waals surface area contributed by atoms with Crippen LogP contribution in [0.15, 0.2) is 11.8 Å². The summed E-state index contributed by atoms with van der Waals surface area (Å²) in [5.74, 6) is -2.24. The van der Waals surface area contributed by atoms with Gasteiger partial charge in [0.05, 0.1) is 25.0 Å². The molecule has 0 saturated carbocycles. The number of carboxylic acids is 1. The lowest BCUT2D eigenvalue weighted by atomic mass is 9.95. The summed E-state index contributed by atoms with van der Waals surface area (Å²) in [6.07, 6.45) is -5.19. The van der Waals surface area contributed by atoms with Gasteiger partial charge in [0.25, 0.3) is 0 Å². The Bertz CT molecular complexity index is 517. The molecule has 0 fully saturated rings. The first-order valence-corrected chi connectivity index (χ1v) is 7.70. The number of rotatable bonds is 6. The Hall–Kier alpha value is -1.24. The Morgan fingerprint density at radius 1 is 1.48 bits per heavy atom. The molecule has 0 saturated heterocycles. The van der Waals surface area contributed by atoms with Crippen LogP contribution in [0.4, 0.5) is 0 Å². The molecule has 1 heterocycles. The molecule has 5 atom stereocenters. The Kier molecular flexibility index (Phi) is 5.67. The maximum absolute atomic E-state index is 11.3. The van der Waals surface area contributed by atoms with Crippen molar-refractivity contribution in [2.24, 2.45) is 0 Å². The molecule has 1 aliphatic rings. The van der Waals surface area contributed by atoms with Crippen molar-refractivity contribution in [1.82, 2.24) is 4.72 Å². The number of aliphatic carboxylic acids is 1. The number of hydrogen-bond donors (Lipinski definition) is 6. The third-order valence-corrected chi connectivity index (χ3v) is 3.49. The maximum Gasteiger partial charge on any atom is 0.370 e. The first kappa shape index (κ1) is 17.8. The van der Waals surface area contributed by atoms with Gasteiger partial charge in [-0.05, 0) is 6.08 Å². The van der Waals surface area contributed by atoms with Gasteiger partial charge in [0.2, 0.25) is 15.8 Å². The summed E-state index contributed by atoms with van der Waals surface area (Å²) in [6.45, 7) is -0.866. The third kappa shape index (κ3) is 4.62. The molecule has 122 valence electrons. The molecule has 0 aromatic heterocycles. The minimum absolute atomic E-state index is 0.705. The van der Waals surface area contributed by atoms with Crippen LogP contribution in [0.3, 0.4) is 0 Å². The normalized spacial score (nSPS) is 29.2. The van der Waals surface area contributed by atoms with E-state index in [1.54, 1.807) is 0 Å². The Morgan fingerprint density at radius 3 is 2.48 bits per heavy atom. The van der Waals surface area contributed by atoms with Gasteiger partial charge in [0.1, 0.15) is 18.3 Å². The Balaban J connectivity index is 3.13. The molecule has 1 rings (SSSR count). The van der Waals surface area contributed by atoms with E-state index in [1.165, 1.54) is 0 Å². The number of aliphatic hydroxyl groups is 4. The molecule has 0 aromatic carbocycles. The first-order valence-electron chi connectivity index (χ1n) is 5.81. The first-order chi connectivity index (χ1) is 9.56. The number of hydrogen-bond acceptors (Lipinski definition) is 8. The van der Waals surface area contributed by atoms with Gasteiger partial charge in [0, 0.05) is 0 Å². The summed E-state index contributed by atoms with van der Waals surface area (Å²) in [5, 5.41) is 46.7. The molecular weight excluding hydrogens is 310 g/mol. The fourth-order valence-corrected chi connectivity index (χ4v) is 2.59. The summed E-state index contributed by atoms with van der Waals surface area (Å²) < 4.78 is 29.4. The molecule has 0 aromatic rings. The quantitative estimate of drug-likeness (QED) is 0.287. The number of aliphatic hydroxyl groups excluding tert-OH is 4. The van der Waals surface area contributed by atoms with Crippen molar-refractivity contribution in [1.29, 1.82) is 0 Å². The van der Waals surface area contributed by atoms with Crippen molar-refractivity contribution in [2.75, 3.05) is 12.9 Å². The lowest BCUT2D eigenvalue weighted by Crippen LogP contribution is -2.59. The van der Waals surface area contributed by atoms with E-state index in [1.807, 2.05) is 4.72 Å². The minimum atomic E-state index is -3.82. The van der Waals surface area contributed by atoms with Crippen molar-refractivity contribution in [3.05, 3.63) is 11.8 Å². The molecule has 1 unspecified atom stereocenters. The van der Waals surface area contributed by atoms with E-state index in [0.717, 1.165) is 12.3 Å². The fraction of sp³-hybridized carbons (Fsp3) is 0.700. The Labute approximate surface area is 120 Å². The van der Waals surface area contributed by atoms with Crippen molar-refractivity contribution in [3.63, 3.8) is 0 Å². The monoisotopic (exact) mass is 327 g/mol. The lowest BCUT2D eigenvalue weighted by Gasteiger charge is -2.37. The second kappa shape index (κ2) is 6.68. The maximum atomic E-state index is 11.3. The zero-order valence-corrected chi connectivity index (χ0v) is 11.8. The highest BCUT2D eigenvalue weighted by Crippen LogP contribution is 2.23. The number of sulfonamides is 1. The molecule has 0 spiro atoms. The van der Waals surface area contributed by atoms with Gasteiger partial charge in [-0.15, -0.1) is 0 Å². The van der Waals surface area contributed by atoms with Gasteiger partial charge in [-0.3, -0.25) is 0 Å². The van der Waals surface area contributed by atoms with Crippen LogP contribution in [0.2, 0.25) is 0 Å². The average Bonchev–Trinajstić information content (AvgIpc) is 2.37. The van der Waals surface area contributed by atoms with Gasteiger partial charge >= 0.3 is 5.97 Å². The number of nitrogens with one attached hydrogen (secondary N) is 1. The molecule has 10 nitrogen and oxygen atoms in total. The van der Waals surface area contributed by atoms with Crippen molar-refractivity contribution < 1.29 is 43.5 Å². The average molecular weight is 327 g/mol. The fourth-order valence-electron chi connectivity index (χ4n) is 1.83. The van der Waals surface area contributed by atoms with Crippen LogP contribution in [0.25, 0.3) is 0 Å². The highest BCUT2D eigenvalue weighted by Gasteiger charge is 2.43. The second-order valence-corrected chi connectivity index (χ2v) is 6.35. The van der Waals surface area contributed by atoms with Gasteiger partial charge in [-0.1, -0.05) is 0 Å². The third-order valence-electron chi connectivity index (χ3n) is 2.79. The van der Waals surface area contributed by atoms with E-state index in [-0.39, 0.29) is 0 Å². The van der Waals surface area contributed by atoms with Crippen molar-refractivity contribution in [2.45, 2.75) is 30.5 Å². The number of carboxylic acid groups (broad SMARTS) is 1. The van der Waals surface area contributed by atoms with Gasteiger partial charge < -0.3 is 30.3 Å². The molecule has 6 N–H and O–H groups in total. The molecule has 11 heteroatoms. The van der Waals surface area contributed by atoms with Crippen LogP contribution in [0.5, 0.6) is 0 Å². The summed E-state index contributed by atoms with van der Waals surface area (Å²) in [5.41, 5.74) is 0. The van der Waals surface area contributed by atoms with Crippen LogP contribution in [0.1, 0.15) is 0 Å². The van der Waals surface area contributed by atoms with Crippen LogP contribution >= 0.6 is 0 Å². The van der Waals surface area contributed by atoms with E-state index in [9.17, 15) is 28.5 Å². The summed E-state index contributed by atoms with van der Waals surface area (Å²) in [4.78, 5) is 10.9. The summed E-state index contributed by atoms with van der Waals surface area (Å²) >= 11 is 0. The SMILES string of the molecule is CS(=O)(=O)N[C@H]1[C@H]([C@H](O)C(O)CO)OC(C(=O)O)=C[C@@H]1O. The van der Waals surface area contributed by atoms with E-state index >= 15 is 0 Å². The molecule has 0 bridgehead atoms. The predicted octanol–water partition coefficient (Wildman–Crippen LogP) is -3.65. The summed E-state index contributed by atoms with van der Waals surface area (Å²) in [7, 11) is -3.82. The molecule has 0 aliphatic carbocycles. The minimum Gasteiger partial charge on any atom is -0.479 e. The highest BCUT2D eigenvalue weighted by atomic mass is 32.2. The zero-order valence-electron chi connectivity index (χ0n) is 10.9. The largest absolute Gasteiger partial charge is 0.479 e. The number of carbonyl (C=O) groups is 1. The zero-order chi connectivity index (χ0) is 16.4. The van der Waals surface area contributed by atoms with Crippen LogP contribution in [-0.4, -0.2) is 83.2 Å². The number of ether oxygens (including phenoxy) is 1. The van der Waals surface area contributed by atoms with Crippen LogP contribution in [-0.2, 0) is 19.6 Å². The lowest BCUT2D eigenvalue weighted by molar-refractivity contribution is -0.147. The van der Waals surface area contributed by atoms with Gasteiger partial charge in [-0.25, -0.2) is 17.9 Å². The molecule has 0 amide bonds. The molecule has 21 heavy (non-hydrogen) atoms. The highest BCUT2D eigenvalue weighted by molar-refractivity contribution is 7.88. The van der Waals surface area contributed by atoms with Crippen molar-refractivity contribution in [3.8, 4) is 0 Å². The molecule has 0 radical (unpaired) electrons. The predicted molar refractivity (Wildman–Crippen MR) is 67.5 cm³/mol. The molecular formula is C10H17NO9S. The summed E-state index contributed by atoms with van der Waals surface area (Å²) in [6, 6.07) is -1.43. The van der Waals surface area contributed by atoms with Crippen molar-refractivity contribution >= 4 is 16.0 Å². The van der Waals surface area contributed by atoms with E-state index in [0.29, 0.717) is 0 Å². The Morgan fingerprint density at radius 2 is 2.05 bits per heavy atom. The van der Waals surface area contributed by atoms with E-state index < -0.39 is 58.8 Å². The standard InChI is InChI=1S/C10H17NO9S/c1-21(18,19)11-7-4(13)2-6(10(16)17)20-9(7)8(15)5(14)3-12/h2,4-5,7-9,11-15H,3H2,1H3,(H,16,17)/t4-,5?,7+,8+,9+/m0/s1. The van der Waals surface area contributed by atoms with E-state index in [4.69, 9.17) is 14.9 Å². The van der Waals surface area contributed by atoms with Crippen LogP contribution < -0.4 is 4.72 Å². The second-order valence-electron chi connectivity index (χ2n) is 4.57.